The third-order valence-corrected chi connectivity index (χ3v) is 5.88. The minimum absolute atomic E-state index is 0.129. The van der Waals surface area contributed by atoms with E-state index in [0.717, 1.165) is 29.8 Å². The van der Waals surface area contributed by atoms with E-state index in [9.17, 15) is 0 Å². The molecule has 3 aromatic carbocycles. The van der Waals surface area contributed by atoms with E-state index in [2.05, 4.69) is 74.0 Å². The van der Waals surface area contributed by atoms with Gasteiger partial charge in [-0.05, 0) is 23.6 Å². The lowest BCUT2D eigenvalue weighted by molar-refractivity contribution is 0.122. The number of morpholine rings is 1. The van der Waals surface area contributed by atoms with Crippen LogP contribution >= 0.6 is 0 Å². The van der Waals surface area contributed by atoms with Crippen LogP contribution in [-0.2, 0) is 4.74 Å². The van der Waals surface area contributed by atoms with Gasteiger partial charge in [-0.15, -0.1) is 0 Å². The molecule has 0 spiro atoms. The fourth-order valence-electron chi connectivity index (χ4n) is 4.08. The van der Waals surface area contributed by atoms with Gasteiger partial charge in [0.05, 0.1) is 25.5 Å². The molecule has 0 aliphatic carbocycles. The molecule has 38 heavy (non-hydrogen) atoms. The Bertz CT molecular complexity index is 1250. The second-order valence-corrected chi connectivity index (χ2v) is 8.56. The van der Waals surface area contributed by atoms with Crippen LogP contribution in [-0.4, -0.2) is 47.5 Å². The normalized spacial score (nSPS) is 13.2. The zero-order chi connectivity index (χ0) is 26.6. The van der Waals surface area contributed by atoms with Gasteiger partial charge >= 0.3 is 0 Å². The summed E-state index contributed by atoms with van der Waals surface area (Å²) in [5.41, 5.74) is 7.40. The number of anilines is 3. The Hall–Kier alpha value is -4.30. The zero-order valence-electron chi connectivity index (χ0n) is 22.2. The van der Waals surface area contributed by atoms with Crippen LogP contribution in [0.2, 0.25) is 0 Å². The molecule has 2 heterocycles. The van der Waals surface area contributed by atoms with Gasteiger partial charge in [-0.25, -0.2) is 5.43 Å². The molecule has 1 aromatic heterocycles. The molecule has 4 aromatic rings. The van der Waals surface area contributed by atoms with Gasteiger partial charge < -0.3 is 15.0 Å². The number of aryl methyl sites for hydroxylation is 1. The van der Waals surface area contributed by atoms with Crippen LogP contribution in [0.3, 0.4) is 0 Å². The first-order valence-corrected chi connectivity index (χ1v) is 13.1. The average molecular weight is 510 g/mol. The topological polar surface area (TPSA) is 87.6 Å². The van der Waals surface area contributed by atoms with Crippen molar-refractivity contribution in [3.05, 3.63) is 107 Å². The van der Waals surface area contributed by atoms with E-state index in [1.807, 2.05) is 62.4 Å². The number of hydrogen-bond donors (Lipinski definition) is 2. The monoisotopic (exact) mass is 509 g/mol. The van der Waals surface area contributed by atoms with Gasteiger partial charge in [-0.3, -0.25) is 0 Å². The number of nitrogens with zero attached hydrogens (tertiary/aromatic N) is 5. The first-order chi connectivity index (χ1) is 18.7. The van der Waals surface area contributed by atoms with Crippen LogP contribution in [0.4, 0.5) is 17.8 Å². The van der Waals surface area contributed by atoms with Crippen molar-refractivity contribution in [2.75, 3.05) is 41.9 Å². The number of rotatable bonds is 8. The van der Waals surface area contributed by atoms with Crippen molar-refractivity contribution >= 4 is 24.1 Å². The number of aromatic nitrogens is 3. The van der Waals surface area contributed by atoms with Crippen LogP contribution in [0.15, 0.2) is 90.0 Å². The molecule has 5 rings (SSSR count). The Balaban J connectivity index is 0.00000164. The molecule has 2 N–H and O–H groups in total. The van der Waals surface area contributed by atoms with Crippen LogP contribution in [0, 0.1) is 6.92 Å². The summed E-state index contributed by atoms with van der Waals surface area (Å²) in [6, 6.07) is 28.6. The molecule has 196 valence electrons. The largest absolute Gasteiger partial charge is 0.378 e. The molecule has 1 aliphatic rings. The Kier molecular flexibility index (Phi) is 9.75. The summed E-state index contributed by atoms with van der Waals surface area (Å²) in [7, 11) is 0. The predicted molar refractivity (Wildman–Crippen MR) is 155 cm³/mol. The van der Waals surface area contributed by atoms with E-state index >= 15 is 0 Å². The van der Waals surface area contributed by atoms with Gasteiger partial charge in [0.25, 0.3) is 0 Å². The SMILES string of the molecule is CC.Cc1cccc(/C=N/Nc2nc(NC(c3ccccc3)c3ccccc3)nc(N3CCOCC3)n2)c1. The predicted octanol–water partition coefficient (Wildman–Crippen LogP) is 5.69. The Morgan fingerprint density at radius 3 is 2.08 bits per heavy atom. The van der Waals surface area contributed by atoms with E-state index in [1.165, 1.54) is 5.56 Å². The van der Waals surface area contributed by atoms with Crippen molar-refractivity contribution in [3.8, 4) is 0 Å². The summed E-state index contributed by atoms with van der Waals surface area (Å²) in [6.45, 7) is 8.77. The lowest BCUT2D eigenvalue weighted by Gasteiger charge is -2.27. The maximum Gasteiger partial charge on any atom is 0.250 e. The number of nitrogens with one attached hydrogen (secondary N) is 2. The molecule has 0 unspecified atom stereocenters. The van der Waals surface area contributed by atoms with Crippen molar-refractivity contribution in [1.29, 1.82) is 0 Å². The zero-order valence-corrected chi connectivity index (χ0v) is 22.2. The minimum atomic E-state index is -0.129. The Labute approximate surface area is 224 Å². The van der Waals surface area contributed by atoms with E-state index < -0.39 is 0 Å². The molecule has 0 amide bonds. The Morgan fingerprint density at radius 2 is 1.45 bits per heavy atom. The van der Waals surface area contributed by atoms with Gasteiger partial charge in [0.15, 0.2) is 0 Å². The van der Waals surface area contributed by atoms with Crippen LogP contribution < -0.4 is 15.6 Å². The van der Waals surface area contributed by atoms with Crippen LogP contribution in [0.5, 0.6) is 0 Å². The molecule has 0 atom stereocenters. The summed E-state index contributed by atoms with van der Waals surface area (Å²) in [5, 5.41) is 7.91. The highest BCUT2D eigenvalue weighted by Gasteiger charge is 2.20. The molecule has 1 fully saturated rings. The molecule has 0 saturated carbocycles. The van der Waals surface area contributed by atoms with Crippen LogP contribution in [0.25, 0.3) is 0 Å². The van der Waals surface area contributed by atoms with Gasteiger partial charge in [-0.2, -0.15) is 20.1 Å². The average Bonchev–Trinajstić information content (AvgIpc) is 2.98. The van der Waals surface area contributed by atoms with Crippen molar-refractivity contribution in [2.45, 2.75) is 26.8 Å². The molecule has 8 nitrogen and oxygen atoms in total. The molecule has 1 aliphatic heterocycles. The van der Waals surface area contributed by atoms with Crippen molar-refractivity contribution in [2.24, 2.45) is 5.10 Å². The van der Waals surface area contributed by atoms with Gasteiger partial charge in [0.1, 0.15) is 0 Å². The minimum Gasteiger partial charge on any atom is -0.378 e. The van der Waals surface area contributed by atoms with E-state index in [4.69, 9.17) is 9.72 Å². The third kappa shape index (κ3) is 7.36. The number of hydrogen-bond acceptors (Lipinski definition) is 8. The summed E-state index contributed by atoms with van der Waals surface area (Å²) < 4.78 is 5.52. The molecule has 8 heteroatoms. The molecule has 0 radical (unpaired) electrons. The van der Waals surface area contributed by atoms with Crippen molar-refractivity contribution in [1.82, 2.24) is 15.0 Å². The van der Waals surface area contributed by atoms with Crippen molar-refractivity contribution < 1.29 is 4.74 Å². The van der Waals surface area contributed by atoms with Crippen LogP contribution in [0.1, 0.15) is 42.1 Å². The third-order valence-electron chi connectivity index (χ3n) is 5.88. The summed E-state index contributed by atoms with van der Waals surface area (Å²) in [4.78, 5) is 16.2. The summed E-state index contributed by atoms with van der Waals surface area (Å²) >= 11 is 0. The maximum atomic E-state index is 5.52. The molecule has 0 bridgehead atoms. The molecular formula is C30H35N7O. The maximum absolute atomic E-state index is 5.52. The lowest BCUT2D eigenvalue weighted by Crippen LogP contribution is -2.37. The highest BCUT2D eigenvalue weighted by atomic mass is 16.5. The number of hydrazone groups is 1. The molecule has 1 saturated heterocycles. The van der Waals surface area contributed by atoms with Gasteiger partial charge in [-0.1, -0.05) is 104 Å². The van der Waals surface area contributed by atoms with Gasteiger partial charge in [0.2, 0.25) is 17.8 Å². The smallest absolute Gasteiger partial charge is 0.250 e. The van der Waals surface area contributed by atoms with E-state index in [-0.39, 0.29) is 6.04 Å². The van der Waals surface area contributed by atoms with E-state index in [1.54, 1.807) is 6.21 Å². The first kappa shape index (κ1) is 26.8. The van der Waals surface area contributed by atoms with E-state index in [0.29, 0.717) is 31.1 Å². The standard InChI is InChI=1S/C28H29N7O.C2H6/c1-21-9-8-10-22(19-21)20-29-34-27-31-26(32-28(33-27)35-15-17-36-18-16-35)30-25(23-11-4-2-5-12-23)24-13-6-3-7-14-24;1-2/h2-14,19-20,25H,15-18H2,1H3,(H2,30,31,32,33,34);1-2H3/b29-20+;. The second-order valence-electron chi connectivity index (χ2n) is 8.56. The Morgan fingerprint density at radius 1 is 0.816 bits per heavy atom. The number of benzene rings is 3. The first-order valence-electron chi connectivity index (χ1n) is 13.1. The second kappa shape index (κ2) is 13.9. The summed E-state index contributed by atoms with van der Waals surface area (Å²) in [6.07, 6.45) is 1.76. The fraction of sp³-hybridized carbons (Fsp3) is 0.267. The quantitative estimate of drug-likeness (QED) is 0.233. The van der Waals surface area contributed by atoms with Gasteiger partial charge in [0, 0.05) is 13.1 Å². The summed E-state index contributed by atoms with van der Waals surface area (Å²) in [5.74, 6) is 1.43. The highest BCUT2D eigenvalue weighted by Crippen LogP contribution is 2.26. The molecular weight excluding hydrogens is 474 g/mol. The van der Waals surface area contributed by atoms with Crippen molar-refractivity contribution in [3.63, 3.8) is 0 Å². The lowest BCUT2D eigenvalue weighted by atomic mass is 9.99. The highest BCUT2D eigenvalue weighted by molar-refractivity contribution is 5.80. The fourth-order valence-corrected chi connectivity index (χ4v) is 4.08. The number of ether oxygens (including phenoxy) is 1.